The first kappa shape index (κ1) is 18.4. The fraction of sp³-hybridized carbons (Fsp3) is 0.350. The van der Waals surface area contributed by atoms with Crippen LogP contribution in [0.3, 0.4) is 0 Å². The summed E-state index contributed by atoms with van der Waals surface area (Å²) in [6.07, 6.45) is 3.51. The van der Waals surface area contributed by atoms with Crippen LogP contribution < -0.4 is 19.7 Å². The summed E-state index contributed by atoms with van der Waals surface area (Å²) in [5, 5.41) is 3.58. The Bertz CT molecular complexity index is 743. The Morgan fingerprint density at radius 3 is 2.46 bits per heavy atom. The summed E-state index contributed by atoms with van der Waals surface area (Å²) in [6, 6.07) is 12.7. The van der Waals surface area contributed by atoms with Gasteiger partial charge in [-0.05, 0) is 55.7 Å². The number of amides is 1. The summed E-state index contributed by atoms with van der Waals surface area (Å²) in [7, 11) is 1.61. The molecule has 1 fully saturated rings. The van der Waals surface area contributed by atoms with Gasteiger partial charge in [-0.25, -0.2) is 0 Å². The molecular formula is C20H23ClN2O3. The topological polar surface area (TPSA) is 50.8 Å². The van der Waals surface area contributed by atoms with E-state index in [0.717, 1.165) is 43.1 Å². The quantitative estimate of drug-likeness (QED) is 0.816. The number of rotatable bonds is 6. The first-order valence-electron chi connectivity index (χ1n) is 8.77. The van der Waals surface area contributed by atoms with Gasteiger partial charge in [0.2, 0.25) is 0 Å². The van der Waals surface area contributed by atoms with E-state index in [0.29, 0.717) is 10.8 Å². The number of carbonyl (C=O) groups is 1. The highest BCUT2D eigenvalue weighted by molar-refractivity contribution is 6.34. The second-order valence-corrected chi connectivity index (χ2v) is 6.60. The van der Waals surface area contributed by atoms with Crippen LogP contribution in [0.5, 0.6) is 11.5 Å². The minimum Gasteiger partial charge on any atom is -0.497 e. The zero-order valence-corrected chi connectivity index (χ0v) is 15.6. The molecule has 1 amide bonds. The number of hydrogen-bond donors (Lipinski definition) is 1. The van der Waals surface area contributed by atoms with Gasteiger partial charge in [0.15, 0.2) is 6.61 Å². The fourth-order valence-corrected chi connectivity index (χ4v) is 3.36. The lowest BCUT2D eigenvalue weighted by Crippen LogP contribution is -2.31. The van der Waals surface area contributed by atoms with Crippen LogP contribution >= 0.6 is 11.6 Å². The number of hydrogen-bond acceptors (Lipinski definition) is 4. The molecule has 1 saturated heterocycles. The highest BCUT2D eigenvalue weighted by Gasteiger charge is 2.18. The van der Waals surface area contributed by atoms with Crippen molar-refractivity contribution in [3.63, 3.8) is 0 Å². The molecule has 0 saturated carbocycles. The van der Waals surface area contributed by atoms with Gasteiger partial charge >= 0.3 is 0 Å². The molecule has 1 heterocycles. The Labute approximate surface area is 158 Å². The number of benzene rings is 2. The number of nitrogens with one attached hydrogen (secondary N) is 1. The number of nitrogens with zero attached hydrogens (tertiary/aromatic N) is 1. The Hall–Kier alpha value is -2.40. The summed E-state index contributed by atoms with van der Waals surface area (Å²) >= 11 is 6.41. The summed E-state index contributed by atoms with van der Waals surface area (Å²) in [4.78, 5) is 14.6. The average Bonchev–Trinajstić information content (AvgIpc) is 2.67. The number of methoxy groups -OCH3 is 1. The number of anilines is 2. The molecule has 0 atom stereocenters. The number of halogens is 1. The van der Waals surface area contributed by atoms with Gasteiger partial charge in [-0.15, -0.1) is 0 Å². The summed E-state index contributed by atoms with van der Waals surface area (Å²) in [5.74, 6) is 1.14. The van der Waals surface area contributed by atoms with E-state index >= 15 is 0 Å². The van der Waals surface area contributed by atoms with Gasteiger partial charge in [-0.2, -0.15) is 0 Å². The van der Waals surface area contributed by atoms with Gasteiger partial charge in [0.25, 0.3) is 5.91 Å². The molecule has 0 radical (unpaired) electrons. The van der Waals surface area contributed by atoms with Gasteiger partial charge < -0.3 is 19.7 Å². The lowest BCUT2D eigenvalue weighted by atomic mass is 10.1. The monoisotopic (exact) mass is 374 g/mol. The van der Waals surface area contributed by atoms with E-state index in [1.54, 1.807) is 31.4 Å². The van der Waals surface area contributed by atoms with Crippen LogP contribution in [-0.2, 0) is 4.79 Å². The number of ether oxygens (including phenoxy) is 2. The van der Waals surface area contributed by atoms with Crippen LogP contribution in [-0.4, -0.2) is 32.7 Å². The van der Waals surface area contributed by atoms with Crippen molar-refractivity contribution in [3.05, 3.63) is 47.5 Å². The van der Waals surface area contributed by atoms with E-state index in [9.17, 15) is 4.79 Å². The number of para-hydroxylation sites is 1. The van der Waals surface area contributed by atoms with Crippen LogP contribution in [0.2, 0.25) is 5.02 Å². The van der Waals surface area contributed by atoms with E-state index in [4.69, 9.17) is 21.1 Å². The molecular weight excluding hydrogens is 352 g/mol. The molecule has 5 nitrogen and oxygen atoms in total. The van der Waals surface area contributed by atoms with Crippen LogP contribution in [0.1, 0.15) is 19.3 Å². The molecule has 6 heteroatoms. The maximum absolute atomic E-state index is 12.3. The van der Waals surface area contributed by atoms with Crippen LogP contribution in [0.4, 0.5) is 11.4 Å². The minimum atomic E-state index is -0.221. The third-order valence-corrected chi connectivity index (χ3v) is 4.67. The molecule has 3 rings (SSSR count). The van der Waals surface area contributed by atoms with Gasteiger partial charge in [0, 0.05) is 13.1 Å². The third kappa shape index (κ3) is 4.61. The van der Waals surface area contributed by atoms with Crippen LogP contribution in [0.15, 0.2) is 42.5 Å². The highest BCUT2D eigenvalue weighted by Crippen LogP contribution is 2.35. The molecule has 1 N–H and O–H groups in total. The third-order valence-electron chi connectivity index (χ3n) is 4.36. The lowest BCUT2D eigenvalue weighted by Gasteiger charge is -2.31. The normalized spacial score (nSPS) is 14.0. The van der Waals surface area contributed by atoms with Crippen LogP contribution in [0, 0.1) is 0 Å². The predicted molar refractivity (Wildman–Crippen MR) is 105 cm³/mol. The molecule has 1 aliphatic rings. The summed E-state index contributed by atoms with van der Waals surface area (Å²) < 4.78 is 10.6. The highest BCUT2D eigenvalue weighted by atomic mass is 35.5. The molecule has 2 aromatic carbocycles. The van der Waals surface area contributed by atoms with E-state index in [1.807, 2.05) is 18.2 Å². The number of piperidine rings is 1. The molecule has 1 aliphatic heterocycles. The molecule has 0 unspecified atom stereocenters. The van der Waals surface area contributed by atoms with Crippen molar-refractivity contribution in [2.75, 3.05) is 37.0 Å². The largest absolute Gasteiger partial charge is 0.497 e. The van der Waals surface area contributed by atoms with Crippen molar-refractivity contribution in [1.29, 1.82) is 0 Å². The SMILES string of the molecule is COc1ccc(OCC(=O)Nc2cccc(Cl)c2N2CCCCC2)cc1. The van der Waals surface area contributed by atoms with Crippen molar-refractivity contribution >= 4 is 28.9 Å². The van der Waals surface area contributed by atoms with E-state index < -0.39 is 0 Å². The zero-order chi connectivity index (χ0) is 18.4. The molecule has 2 aromatic rings. The Kier molecular flexibility index (Phi) is 6.23. The Morgan fingerprint density at radius 1 is 1.08 bits per heavy atom. The van der Waals surface area contributed by atoms with Crippen molar-refractivity contribution in [2.24, 2.45) is 0 Å². The maximum Gasteiger partial charge on any atom is 0.262 e. The first-order valence-corrected chi connectivity index (χ1v) is 9.15. The molecule has 0 spiro atoms. The van der Waals surface area contributed by atoms with E-state index in [2.05, 4.69) is 10.2 Å². The lowest BCUT2D eigenvalue weighted by molar-refractivity contribution is -0.118. The second-order valence-electron chi connectivity index (χ2n) is 6.20. The first-order chi connectivity index (χ1) is 12.7. The summed E-state index contributed by atoms with van der Waals surface area (Å²) in [6.45, 7) is 1.84. The molecule has 0 aromatic heterocycles. The van der Waals surface area contributed by atoms with Crippen LogP contribution in [0.25, 0.3) is 0 Å². The van der Waals surface area contributed by atoms with Gasteiger partial charge in [0.1, 0.15) is 11.5 Å². The Balaban J connectivity index is 1.64. The summed E-state index contributed by atoms with van der Waals surface area (Å²) in [5.41, 5.74) is 1.62. The number of carbonyl (C=O) groups excluding carboxylic acids is 1. The molecule has 0 bridgehead atoms. The van der Waals surface area contributed by atoms with Crippen molar-refractivity contribution in [3.8, 4) is 11.5 Å². The maximum atomic E-state index is 12.3. The molecule has 138 valence electrons. The van der Waals surface area contributed by atoms with Gasteiger partial charge in [-0.3, -0.25) is 4.79 Å². The van der Waals surface area contributed by atoms with Crippen molar-refractivity contribution in [2.45, 2.75) is 19.3 Å². The molecule has 26 heavy (non-hydrogen) atoms. The second kappa shape index (κ2) is 8.81. The van der Waals surface area contributed by atoms with E-state index in [-0.39, 0.29) is 12.5 Å². The predicted octanol–water partition coefficient (Wildman–Crippen LogP) is 4.36. The Morgan fingerprint density at radius 2 is 1.77 bits per heavy atom. The van der Waals surface area contributed by atoms with Gasteiger partial charge in [-0.1, -0.05) is 17.7 Å². The fourth-order valence-electron chi connectivity index (χ4n) is 3.06. The van der Waals surface area contributed by atoms with Gasteiger partial charge in [0.05, 0.1) is 23.5 Å². The van der Waals surface area contributed by atoms with E-state index in [1.165, 1.54) is 6.42 Å². The van der Waals surface area contributed by atoms with Crippen molar-refractivity contribution < 1.29 is 14.3 Å². The molecule has 0 aliphatic carbocycles. The smallest absolute Gasteiger partial charge is 0.262 e. The average molecular weight is 375 g/mol. The van der Waals surface area contributed by atoms with Crippen molar-refractivity contribution in [1.82, 2.24) is 0 Å². The zero-order valence-electron chi connectivity index (χ0n) is 14.8. The standard InChI is InChI=1S/C20H23ClN2O3/c1-25-15-8-10-16(11-9-15)26-14-19(24)22-18-7-5-6-17(21)20(18)23-12-3-2-4-13-23/h5-11H,2-4,12-14H2,1H3,(H,22,24). The minimum absolute atomic E-state index is 0.0711.